The minimum absolute atomic E-state index is 0.0231. The summed E-state index contributed by atoms with van der Waals surface area (Å²) in [6, 6.07) is 2.11. The lowest BCUT2D eigenvalue weighted by Gasteiger charge is -2.13. The highest BCUT2D eigenvalue weighted by Crippen LogP contribution is 2.31. The Balaban J connectivity index is 3.20. The Morgan fingerprint density at radius 2 is 2.08 bits per heavy atom. The molecule has 1 aromatic heterocycles. The van der Waals surface area contributed by atoms with Gasteiger partial charge < -0.3 is 5.73 Å². The van der Waals surface area contributed by atoms with Gasteiger partial charge in [-0.1, -0.05) is 6.07 Å². The monoisotopic (exact) mass is 190 g/mol. The summed E-state index contributed by atoms with van der Waals surface area (Å²) >= 11 is 0. The lowest BCUT2D eigenvalue weighted by atomic mass is 10.1. The van der Waals surface area contributed by atoms with Crippen LogP contribution in [0.5, 0.6) is 0 Å². The number of hydrogen-bond acceptors (Lipinski definition) is 2. The second-order valence-corrected chi connectivity index (χ2v) is 2.73. The zero-order valence-corrected chi connectivity index (χ0v) is 6.97. The summed E-state index contributed by atoms with van der Waals surface area (Å²) in [5, 5.41) is 0. The van der Waals surface area contributed by atoms with Crippen LogP contribution in [-0.2, 0) is 6.18 Å². The third-order valence-corrected chi connectivity index (χ3v) is 1.60. The highest BCUT2D eigenvalue weighted by molar-refractivity contribution is 5.24. The van der Waals surface area contributed by atoms with Crippen molar-refractivity contribution in [1.29, 1.82) is 0 Å². The zero-order chi connectivity index (χ0) is 10.1. The van der Waals surface area contributed by atoms with Crippen molar-refractivity contribution in [2.75, 3.05) is 0 Å². The molecule has 2 nitrogen and oxygen atoms in total. The molecule has 0 spiro atoms. The standard InChI is InChI=1S/C8H9F3N2/c1-5(12)6-3-2-4-13-7(6)8(9,10)11/h2-5H,12H2,1H3. The van der Waals surface area contributed by atoms with E-state index in [0.29, 0.717) is 0 Å². The molecule has 0 aliphatic carbocycles. The first-order valence-corrected chi connectivity index (χ1v) is 3.70. The molecule has 0 amide bonds. The van der Waals surface area contributed by atoms with Crippen molar-refractivity contribution >= 4 is 0 Å². The lowest BCUT2D eigenvalue weighted by Crippen LogP contribution is -2.16. The summed E-state index contributed by atoms with van der Waals surface area (Å²) in [5.41, 5.74) is 4.50. The molecule has 2 N–H and O–H groups in total. The van der Waals surface area contributed by atoms with Gasteiger partial charge in [-0.25, -0.2) is 0 Å². The average molecular weight is 190 g/mol. The molecule has 0 aliphatic heterocycles. The predicted molar refractivity (Wildman–Crippen MR) is 41.8 cm³/mol. The zero-order valence-electron chi connectivity index (χ0n) is 6.97. The molecule has 0 aromatic carbocycles. The predicted octanol–water partition coefficient (Wildman–Crippen LogP) is 2.12. The second-order valence-electron chi connectivity index (χ2n) is 2.73. The molecule has 0 radical (unpaired) electrons. The first-order valence-electron chi connectivity index (χ1n) is 3.70. The van der Waals surface area contributed by atoms with Crippen LogP contribution in [-0.4, -0.2) is 4.98 Å². The van der Waals surface area contributed by atoms with Gasteiger partial charge in [0.2, 0.25) is 0 Å². The van der Waals surface area contributed by atoms with Crippen LogP contribution in [0.2, 0.25) is 0 Å². The van der Waals surface area contributed by atoms with Crippen molar-refractivity contribution in [3.05, 3.63) is 29.6 Å². The Labute approximate surface area is 73.6 Å². The van der Waals surface area contributed by atoms with E-state index in [0.717, 1.165) is 6.20 Å². The summed E-state index contributed by atoms with van der Waals surface area (Å²) in [6.45, 7) is 1.49. The number of pyridine rings is 1. The van der Waals surface area contributed by atoms with Crippen molar-refractivity contribution in [1.82, 2.24) is 4.98 Å². The van der Waals surface area contributed by atoms with E-state index in [2.05, 4.69) is 4.98 Å². The number of rotatable bonds is 1. The molecule has 1 unspecified atom stereocenters. The molecule has 1 atom stereocenters. The number of hydrogen-bond donors (Lipinski definition) is 1. The minimum Gasteiger partial charge on any atom is -0.324 e. The van der Waals surface area contributed by atoms with Crippen LogP contribution in [0.15, 0.2) is 18.3 Å². The van der Waals surface area contributed by atoms with Gasteiger partial charge in [-0.15, -0.1) is 0 Å². The Morgan fingerprint density at radius 3 is 2.46 bits per heavy atom. The van der Waals surface area contributed by atoms with Gasteiger partial charge in [-0.05, 0) is 18.6 Å². The van der Waals surface area contributed by atoms with E-state index in [1.54, 1.807) is 0 Å². The third kappa shape index (κ3) is 2.18. The largest absolute Gasteiger partial charge is 0.433 e. The van der Waals surface area contributed by atoms with Crippen molar-refractivity contribution in [2.45, 2.75) is 19.1 Å². The van der Waals surface area contributed by atoms with E-state index >= 15 is 0 Å². The fourth-order valence-electron chi connectivity index (χ4n) is 1.02. The molecule has 0 saturated heterocycles. The van der Waals surface area contributed by atoms with Crippen LogP contribution >= 0.6 is 0 Å². The van der Waals surface area contributed by atoms with E-state index in [9.17, 15) is 13.2 Å². The van der Waals surface area contributed by atoms with Crippen LogP contribution in [0, 0.1) is 0 Å². The topological polar surface area (TPSA) is 38.9 Å². The number of halogens is 3. The molecular weight excluding hydrogens is 181 g/mol. The SMILES string of the molecule is CC(N)c1cccnc1C(F)(F)F. The van der Waals surface area contributed by atoms with E-state index in [1.165, 1.54) is 19.1 Å². The molecule has 0 aliphatic rings. The van der Waals surface area contributed by atoms with E-state index in [1.807, 2.05) is 0 Å². The Bertz CT molecular complexity index is 294. The average Bonchev–Trinajstić information content (AvgIpc) is 2.03. The fourth-order valence-corrected chi connectivity index (χ4v) is 1.02. The summed E-state index contributed by atoms with van der Waals surface area (Å²) in [7, 11) is 0. The van der Waals surface area contributed by atoms with Gasteiger partial charge in [-0.2, -0.15) is 13.2 Å². The van der Waals surface area contributed by atoms with Crippen molar-refractivity contribution < 1.29 is 13.2 Å². The first-order chi connectivity index (χ1) is 5.93. The van der Waals surface area contributed by atoms with E-state index < -0.39 is 17.9 Å². The van der Waals surface area contributed by atoms with Gasteiger partial charge in [0.05, 0.1) is 0 Å². The molecular formula is C8H9F3N2. The maximum Gasteiger partial charge on any atom is 0.433 e. The molecule has 13 heavy (non-hydrogen) atoms. The van der Waals surface area contributed by atoms with Gasteiger partial charge in [0, 0.05) is 12.2 Å². The number of aromatic nitrogens is 1. The second kappa shape index (κ2) is 3.33. The third-order valence-electron chi connectivity index (χ3n) is 1.60. The summed E-state index contributed by atoms with van der Waals surface area (Å²) in [6.07, 6.45) is -3.32. The normalized spacial score (nSPS) is 14.2. The molecule has 1 heterocycles. The highest BCUT2D eigenvalue weighted by Gasteiger charge is 2.35. The lowest BCUT2D eigenvalue weighted by molar-refractivity contribution is -0.142. The van der Waals surface area contributed by atoms with Gasteiger partial charge in [0.15, 0.2) is 0 Å². The molecule has 1 rings (SSSR count). The van der Waals surface area contributed by atoms with Crippen LogP contribution in [0.1, 0.15) is 24.2 Å². The smallest absolute Gasteiger partial charge is 0.324 e. The molecule has 0 fully saturated rings. The Morgan fingerprint density at radius 1 is 1.46 bits per heavy atom. The Kier molecular flexibility index (Phi) is 2.56. The molecule has 0 bridgehead atoms. The maximum absolute atomic E-state index is 12.3. The molecule has 1 aromatic rings. The Hall–Kier alpha value is -1.10. The van der Waals surface area contributed by atoms with Gasteiger partial charge >= 0.3 is 6.18 Å². The highest BCUT2D eigenvalue weighted by atomic mass is 19.4. The quantitative estimate of drug-likeness (QED) is 0.736. The van der Waals surface area contributed by atoms with Crippen molar-refractivity contribution in [3.8, 4) is 0 Å². The maximum atomic E-state index is 12.3. The number of nitrogens with two attached hydrogens (primary N) is 1. The van der Waals surface area contributed by atoms with Crippen LogP contribution < -0.4 is 5.73 Å². The summed E-state index contributed by atoms with van der Waals surface area (Å²) in [4.78, 5) is 3.27. The first kappa shape index (κ1) is 9.98. The van der Waals surface area contributed by atoms with E-state index in [-0.39, 0.29) is 5.56 Å². The summed E-state index contributed by atoms with van der Waals surface area (Å²) < 4.78 is 36.9. The van der Waals surface area contributed by atoms with Gasteiger partial charge in [0.1, 0.15) is 5.69 Å². The van der Waals surface area contributed by atoms with Gasteiger partial charge in [0.25, 0.3) is 0 Å². The van der Waals surface area contributed by atoms with Gasteiger partial charge in [-0.3, -0.25) is 4.98 Å². The number of alkyl halides is 3. The molecule has 0 saturated carbocycles. The van der Waals surface area contributed by atoms with Crippen molar-refractivity contribution in [2.24, 2.45) is 5.73 Å². The number of nitrogens with zero attached hydrogens (tertiary/aromatic N) is 1. The fraction of sp³-hybridized carbons (Fsp3) is 0.375. The van der Waals surface area contributed by atoms with Crippen LogP contribution in [0.4, 0.5) is 13.2 Å². The van der Waals surface area contributed by atoms with Crippen LogP contribution in [0.25, 0.3) is 0 Å². The van der Waals surface area contributed by atoms with Crippen LogP contribution in [0.3, 0.4) is 0 Å². The van der Waals surface area contributed by atoms with Crippen molar-refractivity contribution in [3.63, 3.8) is 0 Å². The van der Waals surface area contributed by atoms with E-state index in [4.69, 9.17) is 5.73 Å². The minimum atomic E-state index is -4.43. The summed E-state index contributed by atoms with van der Waals surface area (Å²) in [5.74, 6) is 0. The molecule has 5 heteroatoms. The molecule has 72 valence electrons.